The van der Waals surface area contributed by atoms with E-state index in [4.69, 9.17) is 27.9 Å². The Morgan fingerprint density at radius 1 is 1.07 bits per heavy atom. The van der Waals surface area contributed by atoms with Gasteiger partial charge in [-0.05, 0) is 50.2 Å². The Morgan fingerprint density at radius 3 is 2.10 bits per heavy atom. The third-order valence-electron chi connectivity index (χ3n) is 3.59. The molecule has 2 aromatic rings. The molecule has 0 radical (unpaired) electrons. The molecule has 0 saturated carbocycles. The van der Waals surface area contributed by atoms with Gasteiger partial charge in [0.05, 0.1) is 26.7 Å². The second-order valence-electron chi connectivity index (χ2n) is 6.33. The monoisotopic (exact) mass is 458 g/mol. The molecule has 2 aromatic carbocycles. The van der Waals surface area contributed by atoms with Gasteiger partial charge >= 0.3 is 5.97 Å². The molecule has 1 N–H and O–H groups in total. The standard InChI is InChI=1S/C19H20Cl2N2O5S/c1-12(2)28-18(25)11-23(19-16(20)5-4-6-17(19)21)29(26,27)15-9-7-14(8-10-15)22-13(3)24/h4-10,12H,11H2,1-3H3,(H,22,24). The zero-order chi connectivity index (χ0) is 21.8. The normalized spacial score (nSPS) is 11.2. The van der Waals surface area contributed by atoms with Gasteiger partial charge in [-0.2, -0.15) is 0 Å². The van der Waals surface area contributed by atoms with Gasteiger partial charge in [0, 0.05) is 12.6 Å². The molecule has 7 nitrogen and oxygen atoms in total. The number of nitrogens with one attached hydrogen (secondary N) is 1. The molecule has 0 atom stereocenters. The summed E-state index contributed by atoms with van der Waals surface area (Å²) in [5, 5.41) is 2.68. The van der Waals surface area contributed by atoms with Crippen molar-refractivity contribution in [3.05, 3.63) is 52.5 Å². The Hall–Kier alpha value is -2.29. The topological polar surface area (TPSA) is 92.8 Å². The summed E-state index contributed by atoms with van der Waals surface area (Å²) in [6.45, 7) is 4.03. The summed E-state index contributed by atoms with van der Waals surface area (Å²) in [5.74, 6) is -1.05. The molecule has 0 aromatic heterocycles. The third kappa shape index (κ3) is 5.85. The van der Waals surface area contributed by atoms with Crippen LogP contribution < -0.4 is 9.62 Å². The second-order valence-corrected chi connectivity index (χ2v) is 9.00. The number of sulfonamides is 1. The predicted molar refractivity (Wildman–Crippen MR) is 113 cm³/mol. The summed E-state index contributed by atoms with van der Waals surface area (Å²) in [7, 11) is -4.22. The van der Waals surface area contributed by atoms with E-state index in [1.54, 1.807) is 19.9 Å². The van der Waals surface area contributed by atoms with Gasteiger partial charge in [-0.25, -0.2) is 8.42 Å². The summed E-state index contributed by atoms with van der Waals surface area (Å²) in [6.07, 6.45) is -0.425. The third-order valence-corrected chi connectivity index (χ3v) is 5.96. The number of carbonyl (C=O) groups is 2. The van der Waals surface area contributed by atoms with Crippen LogP contribution in [0.25, 0.3) is 0 Å². The highest BCUT2D eigenvalue weighted by molar-refractivity contribution is 7.92. The van der Waals surface area contributed by atoms with E-state index < -0.39 is 28.6 Å². The maximum atomic E-state index is 13.3. The van der Waals surface area contributed by atoms with Crippen molar-refractivity contribution in [3.63, 3.8) is 0 Å². The highest BCUT2D eigenvalue weighted by atomic mass is 35.5. The molecular weight excluding hydrogens is 439 g/mol. The summed E-state index contributed by atoms with van der Waals surface area (Å²) in [5.41, 5.74) is 0.403. The lowest BCUT2D eigenvalue weighted by Gasteiger charge is -2.26. The first kappa shape index (κ1) is 23.0. The lowest BCUT2D eigenvalue weighted by Crippen LogP contribution is -2.37. The van der Waals surface area contributed by atoms with Crippen molar-refractivity contribution in [3.8, 4) is 0 Å². The first-order valence-electron chi connectivity index (χ1n) is 8.56. The molecule has 29 heavy (non-hydrogen) atoms. The number of rotatable bonds is 7. The Balaban J connectivity index is 2.51. The Morgan fingerprint density at radius 2 is 1.62 bits per heavy atom. The number of hydrogen-bond donors (Lipinski definition) is 1. The minimum Gasteiger partial charge on any atom is -0.462 e. The van der Waals surface area contributed by atoms with E-state index in [1.807, 2.05) is 0 Å². The maximum Gasteiger partial charge on any atom is 0.327 e. The van der Waals surface area contributed by atoms with E-state index >= 15 is 0 Å². The fourth-order valence-corrected chi connectivity index (χ4v) is 4.62. The van der Waals surface area contributed by atoms with Gasteiger partial charge in [0.1, 0.15) is 6.54 Å². The highest BCUT2D eigenvalue weighted by Gasteiger charge is 2.31. The van der Waals surface area contributed by atoms with Crippen LogP contribution in [0.5, 0.6) is 0 Å². The average Bonchev–Trinajstić information content (AvgIpc) is 2.60. The van der Waals surface area contributed by atoms with Crippen molar-refractivity contribution in [2.45, 2.75) is 31.8 Å². The van der Waals surface area contributed by atoms with Gasteiger partial charge in [0.25, 0.3) is 10.0 Å². The molecule has 1 amide bonds. The van der Waals surface area contributed by atoms with Crippen LogP contribution in [0.2, 0.25) is 10.0 Å². The molecule has 156 valence electrons. The van der Waals surface area contributed by atoms with Gasteiger partial charge in [0.15, 0.2) is 0 Å². The van der Waals surface area contributed by atoms with Crippen molar-refractivity contribution in [1.82, 2.24) is 0 Å². The molecule has 0 fully saturated rings. The summed E-state index contributed by atoms with van der Waals surface area (Å²) < 4.78 is 32.5. The molecule has 0 spiro atoms. The van der Waals surface area contributed by atoms with E-state index in [-0.39, 0.29) is 26.5 Å². The van der Waals surface area contributed by atoms with Gasteiger partial charge in [-0.3, -0.25) is 13.9 Å². The van der Waals surface area contributed by atoms with Crippen molar-refractivity contribution in [2.75, 3.05) is 16.2 Å². The molecule has 10 heteroatoms. The van der Waals surface area contributed by atoms with Gasteiger partial charge < -0.3 is 10.1 Å². The van der Waals surface area contributed by atoms with Crippen LogP contribution in [-0.2, 0) is 24.3 Å². The zero-order valence-electron chi connectivity index (χ0n) is 16.0. The van der Waals surface area contributed by atoms with Crippen LogP contribution in [0, 0.1) is 0 Å². The number of anilines is 2. The van der Waals surface area contributed by atoms with E-state index in [1.165, 1.54) is 43.3 Å². The van der Waals surface area contributed by atoms with Crippen LogP contribution in [0.1, 0.15) is 20.8 Å². The Bertz CT molecular complexity index is 988. The zero-order valence-corrected chi connectivity index (χ0v) is 18.3. The van der Waals surface area contributed by atoms with Crippen LogP contribution in [0.15, 0.2) is 47.4 Å². The molecule has 0 aliphatic carbocycles. The average molecular weight is 459 g/mol. The molecule has 0 bridgehead atoms. The van der Waals surface area contributed by atoms with Crippen LogP contribution in [0.3, 0.4) is 0 Å². The van der Waals surface area contributed by atoms with E-state index in [9.17, 15) is 18.0 Å². The number of halogens is 2. The summed E-state index contributed by atoms with van der Waals surface area (Å²) in [4.78, 5) is 23.3. The van der Waals surface area contributed by atoms with E-state index in [0.29, 0.717) is 5.69 Å². The molecule has 0 aliphatic rings. The smallest absolute Gasteiger partial charge is 0.327 e. The number of para-hydroxylation sites is 1. The largest absolute Gasteiger partial charge is 0.462 e. The van der Waals surface area contributed by atoms with Crippen LogP contribution in [-0.4, -0.2) is 32.9 Å². The number of benzene rings is 2. The Labute approximate surface area is 179 Å². The van der Waals surface area contributed by atoms with Crippen molar-refractivity contribution >= 4 is 56.5 Å². The fourth-order valence-electron chi connectivity index (χ4n) is 2.47. The molecule has 0 saturated heterocycles. The number of ether oxygens (including phenoxy) is 1. The van der Waals surface area contributed by atoms with Gasteiger partial charge in [-0.15, -0.1) is 0 Å². The molecule has 0 unspecified atom stereocenters. The number of amides is 1. The molecule has 2 rings (SSSR count). The fraction of sp³-hybridized carbons (Fsp3) is 0.263. The van der Waals surface area contributed by atoms with E-state index in [0.717, 1.165) is 4.31 Å². The SMILES string of the molecule is CC(=O)Nc1ccc(S(=O)(=O)N(CC(=O)OC(C)C)c2c(Cl)cccc2Cl)cc1. The lowest BCUT2D eigenvalue weighted by molar-refractivity contribution is -0.145. The minimum absolute atomic E-state index is 0.0255. The number of esters is 1. The van der Waals surface area contributed by atoms with Gasteiger partial charge in [0.2, 0.25) is 5.91 Å². The maximum absolute atomic E-state index is 13.3. The number of carbonyl (C=O) groups excluding carboxylic acids is 2. The second kappa shape index (κ2) is 9.47. The molecule has 0 aliphatic heterocycles. The first-order chi connectivity index (χ1) is 13.5. The van der Waals surface area contributed by atoms with Crippen molar-refractivity contribution in [2.24, 2.45) is 0 Å². The lowest BCUT2D eigenvalue weighted by atomic mass is 10.3. The number of nitrogens with zero attached hydrogens (tertiary/aromatic N) is 1. The minimum atomic E-state index is -4.22. The molecular formula is C19H20Cl2N2O5S. The Kier molecular flexibility index (Phi) is 7.51. The highest BCUT2D eigenvalue weighted by Crippen LogP contribution is 2.37. The molecule has 0 heterocycles. The summed E-state index contributed by atoms with van der Waals surface area (Å²) >= 11 is 12.4. The van der Waals surface area contributed by atoms with Crippen molar-refractivity contribution in [1.29, 1.82) is 0 Å². The first-order valence-corrected chi connectivity index (χ1v) is 10.8. The van der Waals surface area contributed by atoms with Gasteiger partial charge in [-0.1, -0.05) is 29.3 Å². The quantitative estimate of drug-likeness (QED) is 0.630. The predicted octanol–water partition coefficient (Wildman–Crippen LogP) is 4.10. The van der Waals surface area contributed by atoms with Crippen molar-refractivity contribution < 1.29 is 22.7 Å². The van der Waals surface area contributed by atoms with Crippen LogP contribution in [0.4, 0.5) is 11.4 Å². The number of hydrogen-bond acceptors (Lipinski definition) is 5. The van der Waals surface area contributed by atoms with Crippen LogP contribution >= 0.6 is 23.2 Å². The summed E-state index contributed by atoms with van der Waals surface area (Å²) in [6, 6.07) is 10.0. The van der Waals surface area contributed by atoms with E-state index in [2.05, 4.69) is 5.32 Å².